The largest absolute Gasteiger partial charge is 0.474 e. The van der Waals surface area contributed by atoms with Crippen molar-refractivity contribution in [2.24, 2.45) is 22.7 Å². The van der Waals surface area contributed by atoms with Gasteiger partial charge in [-0.25, -0.2) is 0 Å². The topological polar surface area (TPSA) is 47.9 Å². The standard InChI is InChI=1S/C31H52O4S4Si/c1-12-40(13-2,18(3)4)35-23-17-31(9)15-14-21(32)20(6)25(31)27(34-29(37)39-11)26-22(33-28(36)38-10)16-19(5)24(23)30(26,7)8/h18,21-23,25-27,32H,6,12-17H2,1-5,7-11H3/t21-,22-,23-,25-,26-,27-,31-/m0/s1. The predicted molar refractivity (Wildman–Crippen MR) is 184 cm³/mol. The molecule has 40 heavy (non-hydrogen) atoms. The molecule has 2 fully saturated rings. The summed E-state index contributed by atoms with van der Waals surface area (Å²) in [7, 11) is -2.03. The zero-order chi connectivity index (χ0) is 30.2. The molecule has 9 heteroatoms. The first-order valence-corrected chi connectivity index (χ1v) is 20.5. The van der Waals surface area contributed by atoms with Gasteiger partial charge in [-0.3, -0.25) is 0 Å². The highest BCUT2D eigenvalue weighted by molar-refractivity contribution is 8.22. The first kappa shape index (κ1) is 34.6. The molecule has 228 valence electrons. The van der Waals surface area contributed by atoms with Crippen molar-refractivity contribution in [1.82, 2.24) is 0 Å². The maximum atomic E-state index is 11.2. The number of aliphatic hydroxyl groups is 1. The predicted octanol–water partition coefficient (Wildman–Crippen LogP) is 8.93. The van der Waals surface area contributed by atoms with E-state index in [1.54, 1.807) is 0 Å². The molecule has 0 aromatic rings. The molecule has 3 rings (SSSR count). The average Bonchev–Trinajstić information content (AvgIpc) is 2.87. The van der Waals surface area contributed by atoms with Gasteiger partial charge in [0.05, 0.1) is 12.2 Å². The van der Waals surface area contributed by atoms with Gasteiger partial charge in [-0.05, 0) is 103 Å². The summed E-state index contributed by atoms with van der Waals surface area (Å²) in [4.78, 5) is 0. The van der Waals surface area contributed by atoms with Crippen LogP contribution in [-0.2, 0) is 13.9 Å². The van der Waals surface area contributed by atoms with Gasteiger partial charge in [-0.2, -0.15) is 0 Å². The van der Waals surface area contributed by atoms with E-state index < -0.39 is 14.4 Å². The molecule has 3 aliphatic rings. The van der Waals surface area contributed by atoms with Crippen molar-refractivity contribution in [3.05, 3.63) is 23.3 Å². The number of ether oxygens (including phenoxy) is 2. The Labute approximate surface area is 264 Å². The number of hydrogen-bond donors (Lipinski definition) is 1. The van der Waals surface area contributed by atoms with Crippen molar-refractivity contribution in [2.45, 2.75) is 123 Å². The lowest BCUT2D eigenvalue weighted by Gasteiger charge is -2.60. The number of thioether (sulfide) groups is 2. The van der Waals surface area contributed by atoms with Gasteiger partial charge >= 0.3 is 0 Å². The van der Waals surface area contributed by atoms with Crippen LogP contribution in [0.5, 0.6) is 0 Å². The van der Waals surface area contributed by atoms with E-state index in [0.29, 0.717) is 20.7 Å². The minimum absolute atomic E-state index is 0.00362. The third-order valence-electron chi connectivity index (χ3n) is 10.6. The van der Waals surface area contributed by atoms with Crippen LogP contribution in [0.2, 0.25) is 17.6 Å². The Balaban J connectivity index is 2.33. The van der Waals surface area contributed by atoms with Gasteiger partial charge in [0.25, 0.3) is 0 Å². The summed E-state index contributed by atoms with van der Waals surface area (Å²) < 4.78 is 22.0. The molecule has 0 heterocycles. The van der Waals surface area contributed by atoms with Gasteiger partial charge in [0, 0.05) is 18.3 Å². The van der Waals surface area contributed by atoms with E-state index in [0.717, 1.165) is 36.9 Å². The molecule has 4 nitrogen and oxygen atoms in total. The van der Waals surface area contributed by atoms with E-state index >= 15 is 0 Å². The summed E-state index contributed by atoms with van der Waals surface area (Å²) in [6.45, 7) is 23.2. The van der Waals surface area contributed by atoms with Gasteiger partial charge in [-0.1, -0.05) is 84.1 Å². The minimum atomic E-state index is -2.03. The van der Waals surface area contributed by atoms with E-state index in [4.69, 9.17) is 38.3 Å². The Bertz CT molecular complexity index is 1010. The highest BCUT2D eigenvalue weighted by Crippen LogP contribution is 2.61. The molecule has 2 bridgehead atoms. The SMILES string of the molecule is C=C1[C@@H](O)CC[C@@]2(C)C[C@H](O[Si](CC)(CC)C(C)C)C3=C(C)C[C@H](OC(=S)SC)[C@@H]([C@@H](OC(=S)SC)[C@H]12)C3(C)C. The molecule has 0 saturated heterocycles. The molecule has 0 amide bonds. The molecule has 0 aromatic heterocycles. The van der Waals surface area contributed by atoms with Crippen LogP contribution in [0.4, 0.5) is 0 Å². The Morgan fingerprint density at radius 3 is 2.20 bits per heavy atom. The Morgan fingerprint density at radius 2 is 1.68 bits per heavy atom. The molecule has 2 saturated carbocycles. The molecule has 7 atom stereocenters. The summed E-state index contributed by atoms with van der Waals surface area (Å²) in [5.41, 5.74) is 3.64. The lowest BCUT2D eigenvalue weighted by molar-refractivity contribution is -0.110. The number of fused-ring (bicyclic) bond motifs is 3. The zero-order valence-electron chi connectivity index (χ0n) is 26.3. The second kappa shape index (κ2) is 13.4. The summed E-state index contributed by atoms with van der Waals surface area (Å²) in [6.07, 6.45) is 6.13. The van der Waals surface area contributed by atoms with Crippen LogP contribution in [0.15, 0.2) is 23.3 Å². The summed E-state index contributed by atoms with van der Waals surface area (Å²) in [6, 6.07) is 2.20. The van der Waals surface area contributed by atoms with Crippen molar-refractivity contribution in [1.29, 1.82) is 0 Å². The highest BCUT2D eigenvalue weighted by Gasteiger charge is 2.61. The van der Waals surface area contributed by atoms with Gasteiger partial charge in [0.2, 0.25) is 8.77 Å². The molecular weight excluding hydrogens is 593 g/mol. The normalized spacial score (nSPS) is 34.1. The monoisotopic (exact) mass is 644 g/mol. The lowest BCUT2D eigenvalue weighted by Crippen LogP contribution is -2.61. The molecular formula is C31H52O4S4Si. The van der Waals surface area contributed by atoms with Crippen LogP contribution >= 0.6 is 48.0 Å². The summed E-state index contributed by atoms with van der Waals surface area (Å²) in [5, 5.41) is 11.2. The van der Waals surface area contributed by atoms with Crippen molar-refractivity contribution < 1.29 is 19.0 Å². The van der Waals surface area contributed by atoms with Crippen LogP contribution < -0.4 is 0 Å². The fourth-order valence-electron chi connectivity index (χ4n) is 8.42. The van der Waals surface area contributed by atoms with Crippen molar-refractivity contribution in [3.63, 3.8) is 0 Å². The molecule has 0 spiro atoms. The Hall–Kier alpha value is 0.0969. The van der Waals surface area contributed by atoms with Crippen LogP contribution in [0, 0.1) is 22.7 Å². The first-order valence-electron chi connectivity index (χ1n) is 14.9. The Morgan fingerprint density at radius 1 is 1.10 bits per heavy atom. The quantitative estimate of drug-likeness (QED) is 0.168. The molecule has 0 unspecified atom stereocenters. The molecule has 0 radical (unpaired) electrons. The minimum Gasteiger partial charge on any atom is -0.474 e. The van der Waals surface area contributed by atoms with Crippen molar-refractivity contribution in [3.8, 4) is 0 Å². The number of rotatable bonds is 7. The molecule has 0 aliphatic heterocycles. The fraction of sp³-hybridized carbons (Fsp3) is 0.806. The van der Waals surface area contributed by atoms with Gasteiger partial charge < -0.3 is 19.0 Å². The van der Waals surface area contributed by atoms with E-state index in [2.05, 4.69) is 62.0 Å². The van der Waals surface area contributed by atoms with E-state index in [9.17, 15) is 5.11 Å². The summed E-state index contributed by atoms with van der Waals surface area (Å²) >= 11 is 14.3. The second-order valence-electron chi connectivity index (χ2n) is 13.3. The third kappa shape index (κ3) is 6.46. The lowest BCUT2D eigenvalue weighted by atomic mass is 9.50. The number of thiocarbonyl (C=S) groups is 2. The Kier molecular flexibility index (Phi) is 11.6. The average molecular weight is 645 g/mol. The second-order valence-corrected chi connectivity index (χ2v) is 21.0. The third-order valence-corrected chi connectivity index (χ3v) is 17.9. The molecule has 3 aliphatic carbocycles. The maximum absolute atomic E-state index is 11.2. The maximum Gasteiger partial charge on any atom is 0.219 e. The van der Waals surface area contributed by atoms with E-state index in [1.165, 1.54) is 34.7 Å². The highest BCUT2D eigenvalue weighted by atomic mass is 32.2. The van der Waals surface area contributed by atoms with Gasteiger partial charge in [0.15, 0.2) is 8.32 Å². The zero-order valence-corrected chi connectivity index (χ0v) is 30.6. The molecule has 0 aromatic carbocycles. The van der Waals surface area contributed by atoms with Crippen LogP contribution in [0.25, 0.3) is 0 Å². The fourth-order valence-corrected chi connectivity index (χ4v) is 12.6. The van der Waals surface area contributed by atoms with E-state index in [-0.39, 0.29) is 41.0 Å². The van der Waals surface area contributed by atoms with E-state index in [1.807, 2.05) is 12.5 Å². The summed E-state index contributed by atoms with van der Waals surface area (Å²) in [5.74, 6) is -0.151. The van der Waals surface area contributed by atoms with Crippen molar-refractivity contribution >= 4 is 65.0 Å². The van der Waals surface area contributed by atoms with Gasteiger partial charge in [0.1, 0.15) is 12.2 Å². The van der Waals surface area contributed by atoms with Crippen LogP contribution in [0.1, 0.15) is 81.1 Å². The first-order chi connectivity index (χ1) is 18.6. The van der Waals surface area contributed by atoms with Gasteiger partial charge in [-0.15, -0.1) is 0 Å². The van der Waals surface area contributed by atoms with Crippen LogP contribution in [-0.4, -0.2) is 59.1 Å². The number of aliphatic hydroxyl groups excluding tert-OH is 1. The van der Waals surface area contributed by atoms with Crippen molar-refractivity contribution in [2.75, 3.05) is 12.5 Å². The van der Waals surface area contributed by atoms with Crippen LogP contribution in [0.3, 0.4) is 0 Å². The molecule has 1 N–H and O–H groups in total. The number of hydrogen-bond acceptors (Lipinski definition) is 8. The smallest absolute Gasteiger partial charge is 0.219 e.